The predicted octanol–water partition coefficient (Wildman–Crippen LogP) is 0.654. The molecule has 2 aromatic rings. The van der Waals surface area contributed by atoms with E-state index in [9.17, 15) is 9.59 Å². The van der Waals surface area contributed by atoms with Crippen molar-refractivity contribution in [2.75, 3.05) is 6.54 Å². The van der Waals surface area contributed by atoms with Crippen LogP contribution in [0, 0.1) is 0 Å². The molecule has 6 nitrogen and oxygen atoms in total. The summed E-state index contributed by atoms with van der Waals surface area (Å²) < 4.78 is 1.59. The number of hydrogen-bond acceptors (Lipinski definition) is 4. The zero-order valence-corrected chi connectivity index (χ0v) is 10.4. The summed E-state index contributed by atoms with van der Waals surface area (Å²) in [6, 6.07) is 6.88. The fourth-order valence-electron chi connectivity index (χ4n) is 2.18. The summed E-state index contributed by atoms with van der Waals surface area (Å²) in [4.78, 5) is 25.5. The number of amides is 2. The number of carbonyl (C=O) groups excluding carboxylic acids is 2. The SMILES string of the molecule is Cn1cc(CCN2C(=O)c3ccccc3C2=O)nn1. The van der Waals surface area contributed by atoms with E-state index >= 15 is 0 Å². The minimum atomic E-state index is -0.232. The van der Waals surface area contributed by atoms with Gasteiger partial charge in [0.05, 0.1) is 16.8 Å². The van der Waals surface area contributed by atoms with Gasteiger partial charge in [-0.15, -0.1) is 5.10 Å². The number of carbonyl (C=O) groups is 2. The van der Waals surface area contributed by atoms with Gasteiger partial charge in [0.25, 0.3) is 11.8 Å². The molecule has 1 aliphatic rings. The average Bonchev–Trinajstić information content (AvgIpc) is 2.93. The first-order valence-corrected chi connectivity index (χ1v) is 5.97. The molecule has 19 heavy (non-hydrogen) atoms. The summed E-state index contributed by atoms with van der Waals surface area (Å²) in [5, 5.41) is 7.76. The number of aromatic nitrogens is 3. The summed E-state index contributed by atoms with van der Waals surface area (Å²) in [5.41, 5.74) is 1.72. The number of benzene rings is 1. The Morgan fingerprint density at radius 2 is 1.74 bits per heavy atom. The Balaban J connectivity index is 1.77. The lowest BCUT2D eigenvalue weighted by Crippen LogP contribution is -2.31. The van der Waals surface area contributed by atoms with E-state index in [1.807, 2.05) is 0 Å². The van der Waals surface area contributed by atoms with Crippen molar-refractivity contribution in [3.8, 4) is 0 Å². The molecule has 0 aliphatic carbocycles. The van der Waals surface area contributed by atoms with Gasteiger partial charge in [0, 0.05) is 26.2 Å². The van der Waals surface area contributed by atoms with E-state index in [1.54, 1.807) is 42.2 Å². The number of imide groups is 1. The van der Waals surface area contributed by atoms with Crippen LogP contribution in [-0.2, 0) is 13.5 Å². The monoisotopic (exact) mass is 256 g/mol. The van der Waals surface area contributed by atoms with Gasteiger partial charge in [0.1, 0.15) is 0 Å². The third kappa shape index (κ3) is 1.91. The van der Waals surface area contributed by atoms with Crippen LogP contribution in [0.1, 0.15) is 26.4 Å². The quantitative estimate of drug-likeness (QED) is 0.756. The van der Waals surface area contributed by atoms with E-state index < -0.39 is 0 Å². The first-order chi connectivity index (χ1) is 9.16. The Bertz CT molecular complexity index is 627. The second kappa shape index (κ2) is 4.31. The second-order valence-electron chi connectivity index (χ2n) is 4.44. The zero-order valence-electron chi connectivity index (χ0n) is 10.4. The lowest BCUT2D eigenvalue weighted by Gasteiger charge is -2.12. The summed E-state index contributed by atoms with van der Waals surface area (Å²) in [6.07, 6.45) is 2.29. The Labute approximate surface area is 109 Å². The predicted molar refractivity (Wildman–Crippen MR) is 66.5 cm³/mol. The summed E-state index contributed by atoms with van der Waals surface area (Å²) in [6.45, 7) is 0.324. The molecule has 2 amide bonds. The molecule has 0 N–H and O–H groups in total. The van der Waals surface area contributed by atoms with Crippen molar-refractivity contribution in [2.45, 2.75) is 6.42 Å². The van der Waals surface area contributed by atoms with Gasteiger partial charge in [-0.25, -0.2) is 0 Å². The fourth-order valence-corrected chi connectivity index (χ4v) is 2.18. The molecule has 2 heterocycles. The van der Waals surface area contributed by atoms with Gasteiger partial charge in [0.15, 0.2) is 0 Å². The van der Waals surface area contributed by atoms with Crippen LogP contribution in [0.4, 0.5) is 0 Å². The zero-order chi connectivity index (χ0) is 13.4. The van der Waals surface area contributed by atoms with Crippen molar-refractivity contribution in [3.05, 3.63) is 47.3 Å². The molecular formula is C13H12N4O2. The van der Waals surface area contributed by atoms with Gasteiger partial charge in [-0.1, -0.05) is 17.3 Å². The largest absolute Gasteiger partial charge is 0.274 e. The summed E-state index contributed by atoms with van der Waals surface area (Å²) >= 11 is 0. The lowest BCUT2D eigenvalue weighted by molar-refractivity contribution is 0.0656. The third-order valence-corrected chi connectivity index (χ3v) is 3.12. The number of nitrogens with zero attached hydrogens (tertiary/aromatic N) is 4. The molecule has 0 saturated carbocycles. The molecule has 0 atom stereocenters. The second-order valence-corrected chi connectivity index (χ2v) is 4.44. The smallest absolute Gasteiger partial charge is 0.261 e. The molecule has 6 heteroatoms. The molecule has 1 aromatic carbocycles. The fraction of sp³-hybridized carbons (Fsp3) is 0.231. The first kappa shape index (κ1) is 11.6. The number of rotatable bonds is 3. The third-order valence-electron chi connectivity index (χ3n) is 3.12. The standard InChI is InChI=1S/C13H12N4O2/c1-16-8-9(14-15-16)6-7-17-12(18)10-4-2-3-5-11(10)13(17)19/h2-5,8H,6-7H2,1H3. The molecule has 0 spiro atoms. The van der Waals surface area contributed by atoms with Crippen LogP contribution >= 0.6 is 0 Å². The minimum absolute atomic E-state index is 0.232. The van der Waals surface area contributed by atoms with Crippen LogP contribution in [0.3, 0.4) is 0 Å². The van der Waals surface area contributed by atoms with E-state index in [-0.39, 0.29) is 11.8 Å². The van der Waals surface area contributed by atoms with E-state index in [4.69, 9.17) is 0 Å². The molecule has 0 saturated heterocycles. The highest BCUT2D eigenvalue weighted by Gasteiger charge is 2.34. The molecular weight excluding hydrogens is 244 g/mol. The van der Waals surface area contributed by atoms with Crippen LogP contribution in [-0.4, -0.2) is 38.3 Å². The minimum Gasteiger partial charge on any atom is -0.274 e. The van der Waals surface area contributed by atoms with Crippen molar-refractivity contribution < 1.29 is 9.59 Å². The molecule has 3 rings (SSSR count). The molecule has 0 bridgehead atoms. The molecule has 1 aliphatic heterocycles. The molecule has 0 radical (unpaired) electrons. The number of fused-ring (bicyclic) bond motifs is 1. The van der Waals surface area contributed by atoms with Crippen LogP contribution in [0.5, 0.6) is 0 Å². The first-order valence-electron chi connectivity index (χ1n) is 5.97. The maximum Gasteiger partial charge on any atom is 0.261 e. The van der Waals surface area contributed by atoms with E-state index in [2.05, 4.69) is 10.3 Å². The molecule has 1 aromatic heterocycles. The lowest BCUT2D eigenvalue weighted by atomic mass is 10.1. The topological polar surface area (TPSA) is 68.1 Å². The Kier molecular flexibility index (Phi) is 2.63. The van der Waals surface area contributed by atoms with E-state index in [0.717, 1.165) is 5.69 Å². The van der Waals surface area contributed by atoms with Gasteiger partial charge in [-0.05, 0) is 12.1 Å². The highest BCUT2D eigenvalue weighted by molar-refractivity contribution is 6.21. The number of hydrogen-bond donors (Lipinski definition) is 0. The van der Waals surface area contributed by atoms with Gasteiger partial charge >= 0.3 is 0 Å². The Morgan fingerprint density at radius 3 is 2.26 bits per heavy atom. The molecule has 0 fully saturated rings. The molecule has 96 valence electrons. The van der Waals surface area contributed by atoms with Crippen LogP contribution in [0.15, 0.2) is 30.5 Å². The maximum absolute atomic E-state index is 12.1. The van der Waals surface area contributed by atoms with E-state index in [0.29, 0.717) is 24.1 Å². The van der Waals surface area contributed by atoms with Crippen LogP contribution in [0.2, 0.25) is 0 Å². The van der Waals surface area contributed by atoms with E-state index in [1.165, 1.54) is 4.90 Å². The maximum atomic E-state index is 12.1. The normalized spacial score (nSPS) is 14.1. The van der Waals surface area contributed by atoms with Crippen LogP contribution in [0.25, 0.3) is 0 Å². The van der Waals surface area contributed by atoms with Crippen molar-refractivity contribution in [2.24, 2.45) is 7.05 Å². The molecule has 0 unspecified atom stereocenters. The van der Waals surface area contributed by atoms with Gasteiger partial charge in [-0.2, -0.15) is 0 Å². The van der Waals surface area contributed by atoms with Gasteiger partial charge < -0.3 is 0 Å². The summed E-state index contributed by atoms with van der Waals surface area (Å²) in [7, 11) is 1.78. The van der Waals surface area contributed by atoms with Gasteiger partial charge in [-0.3, -0.25) is 19.2 Å². The van der Waals surface area contributed by atoms with Crippen molar-refractivity contribution in [3.63, 3.8) is 0 Å². The average molecular weight is 256 g/mol. The Hall–Kier alpha value is -2.50. The van der Waals surface area contributed by atoms with Crippen LogP contribution < -0.4 is 0 Å². The number of aryl methyl sites for hydroxylation is 1. The van der Waals surface area contributed by atoms with Gasteiger partial charge in [0.2, 0.25) is 0 Å². The van der Waals surface area contributed by atoms with Crippen molar-refractivity contribution in [1.82, 2.24) is 19.9 Å². The highest BCUT2D eigenvalue weighted by Crippen LogP contribution is 2.22. The van der Waals surface area contributed by atoms with Crippen molar-refractivity contribution in [1.29, 1.82) is 0 Å². The Morgan fingerprint density at radius 1 is 1.11 bits per heavy atom. The van der Waals surface area contributed by atoms with Crippen molar-refractivity contribution >= 4 is 11.8 Å². The summed E-state index contributed by atoms with van der Waals surface area (Å²) in [5.74, 6) is -0.464. The highest BCUT2D eigenvalue weighted by atomic mass is 16.2.